The van der Waals surface area contributed by atoms with Gasteiger partial charge in [-0.05, 0) is 12.8 Å². The number of nitriles is 1. The summed E-state index contributed by atoms with van der Waals surface area (Å²) in [5.41, 5.74) is 0. The minimum Gasteiger partial charge on any atom is -0.336 e. The summed E-state index contributed by atoms with van der Waals surface area (Å²) in [7, 11) is -3.61. The predicted octanol–water partition coefficient (Wildman–Crippen LogP) is 1.46. The molecule has 0 fully saturated rings. The minimum atomic E-state index is -3.61. The molecule has 0 N–H and O–H groups in total. The summed E-state index contributed by atoms with van der Waals surface area (Å²) in [6.45, 7) is 7.07. The molecule has 0 saturated heterocycles. The Morgan fingerprint density at radius 3 is 2.68 bits per heavy atom. The fraction of sp³-hybridized carbons (Fsp3) is 0.667. The van der Waals surface area contributed by atoms with Crippen LogP contribution in [0.1, 0.15) is 27.2 Å². The van der Waals surface area contributed by atoms with Crippen molar-refractivity contribution >= 4 is 10.0 Å². The van der Waals surface area contributed by atoms with Crippen LogP contribution in [0.2, 0.25) is 0 Å². The maximum atomic E-state index is 12.4. The van der Waals surface area contributed by atoms with Crippen molar-refractivity contribution in [2.24, 2.45) is 5.92 Å². The van der Waals surface area contributed by atoms with Crippen molar-refractivity contribution < 1.29 is 8.42 Å². The van der Waals surface area contributed by atoms with Crippen molar-refractivity contribution in [1.82, 2.24) is 13.9 Å². The average molecular weight is 284 g/mol. The first-order chi connectivity index (χ1) is 8.91. The fourth-order valence-corrected chi connectivity index (χ4v) is 3.21. The molecule has 0 aliphatic rings. The van der Waals surface area contributed by atoms with Crippen LogP contribution in [0.15, 0.2) is 17.6 Å². The molecule has 0 spiro atoms. The zero-order chi connectivity index (χ0) is 14.5. The topological polar surface area (TPSA) is 79.0 Å². The molecule has 0 bridgehead atoms. The first-order valence-electron chi connectivity index (χ1n) is 6.30. The van der Waals surface area contributed by atoms with E-state index in [1.807, 2.05) is 26.8 Å². The number of aryl methyl sites for hydroxylation is 1. The molecule has 106 valence electrons. The quantitative estimate of drug-likeness (QED) is 0.759. The second kappa shape index (κ2) is 6.68. The van der Waals surface area contributed by atoms with Gasteiger partial charge < -0.3 is 4.57 Å². The fourth-order valence-electron chi connectivity index (χ4n) is 1.67. The van der Waals surface area contributed by atoms with Crippen LogP contribution in [-0.2, 0) is 16.6 Å². The number of imidazole rings is 1. The van der Waals surface area contributed by atoms with Crippen LogP contribution in [0.5, 0.6) is 0 Å². The Kier molecular flexibility index (Phi) is 5.51. The highest BCUT2D eigenvalue weighted by molar-refractivity contribution is 7.89. The smallest absolute Gasteiger partial charge is 0.262 e. The highest BCUT2D eigenvalue weighted by Crippen LogP contribution is 2.15. The normalized spacial score (nSPS) is 12.0. The summed E-state index contributed by atoms with van der Waals surface area (Å²) < 4.78 is 27.9. The highest BCUT2D eigenvalue weighted by Gasteiger charge is 2.26. The number of nitrogens with zero attached hydrogens (tertiary/aromatic N) is 4. The Balaban J connectivity index is 3.00. The van der Waals surface area contributed by atoms with Crippen LogP contribution in [0.25, 0.3) is 0 Å². The maximum Gasteiger partial charge on any atom is 0.262 e. The Morgan fingerprint density at radius 1 is 1.53 bits per heavy atom. The number of aromatic nitrogens is 2. The molecule has 0 aromatic carbocycles. The average Bonchev–Trinajstić information content (AvgIpc) is 2.83. The summed E-state index contributed by atoms with van der Waals surface area (Å²) in [5.74, 6) is 0.196. The van der Waals surface area contributed by atoms with Gasteiger partial charge in [-0.1, -0.05) is 13.8 Å². The molecule has 1 heterocycles. The molecule has 0 radical (unpaired) electrons. The number of hydrogen-bond donors (Lipinski definition) is 0. The van der Waals surface area contributed by atoms with Crippen molar-refractivity contribution in [2.75, 3.05) is 13.1 Å². The number of hydrogen-bond acceptors (Lipinski definition) is 4. The molecular weight excluding hydrogens is 264 g/mol. The van der Waals surface area contributed by atoms with Gasteiger partial charge in [-0.3, -0.25) is 0 Å². The first kappa shape index (κ1) is 15.7. The molecule has 0 unspecified atom stereocenters. The van der Waals surface area contributed by atoms with Crippen molar-refractivity contribution in [3.63, 3.8) is 0 Å². The van der Waals surface area contributed by atoms with Gasteiger partial charge >= 0.3 is 0 Å². The summed E-state index contributed by atoms with van der Waals surface area (Å²) in [6, 6.07) is 1.98. The van der Waals surface area contributed by atoms with Gasteiger partial charge in [-0.15, -0.1) is 0 Å². The van der Waals surface area contributed by atoms with Crippen LogP contribution in [0.4, 0.5) is 0 Å². The van der Waals surface area contributed by atoms with E-state index in [1.54, 1.807) is 4.57 Å². The zero-order valence-electron chi connectivity index (χ0n) is 11.6. The summed E-state index contributed by atoms with van der Waals surface area (Å²) in [4.78, 5) is 3.95. The second-order valence-corrected chi connectivity index (χ2v) is 6.59. The molecule has 0 aliphatic carbocycles. The van der Waals surface area contributed by atoms with Crippen LogP contribution < -0.4 is 0 Å². The lowest BCUT2D eigenvalue weighted by atomic mass is 10.2. The van der Waals surface area contributed by atoms with Crippen LogP contribution in [0.3, 0.4) is 0 Å². The Morgan fingerprint density at radius 2 is 2.21 bits per heavy atom. The lowest BCUT2D eigenvalue weighted by Crippen LogP contribution is -2.35. The van der Waals surface area contributed by atoms with Crippen molar-refractivity contribution in [1.29, 1.82) is 5.26 Å². The lowest BCUT2D eigenvalue weighted by Gasteiger charge is -2.21. The van der Waals surface area contributed by atoms with Gasteiger partial charge in [0.15, 0.2) is 5.03 Å². The molecule has 0 saturated carbocycles. The third-order valence-corrected chi connectivity index (χ3v) is 4.37. The van der Waals surface area contributed by atoms with E-state index in [0.717, 1.165) is 0 Å². The third-order valence-electron chi connectivity index (χ3n) is 2.62. The molecule has 0 aliphatic heterocycles. The van der Waals surface area contributed by atoms with Crippen molar-refractivity contribution in [2.45, 2.75) is 38.8 Å². The molecular formula is C12H20N4O2S. The highest BCUT2D eigenvalue weighted by atomic mass is 32.2. The van der Waals surface area contributed by atoms with E-state index in [4.69, 9.17) is 5.26 Å². The monoisotopic (exact) mass is 284 g/mol. The van der Waals surface area contributed by atoms with Crippen molar-refractivity contribution in [3.8, 4) is 6.07 Å². The molecule has 1 aromatic rings. The molecule has 0 atom stereocenters. The van der Waals surface area contributed by atoms with Gasteiger partial charge in [-0.2, -0.15) is 9.57 Å². The van der Waals surface area contributed by atoms with E-state index < -0.39 is 10.0 Å². The molecule has 1 rings (SSSR count). The van der Waals surface area contributed by atoms with Gasteiger partial charge in [0.25, 0.3) is 10.0 Å². The van der Waals surface area contributed by atoms with Crippen LogP contribution in [0, 0.1) is 17.2 Å². The maximum absolute atomic E-state index is 12.4. The van der Waals surface area contributed by atoms with Crippen molar-refractivity contribution in [3.05, 3.63) is 12.5 Å². The van der Waals surface area contributed by atoms with E-state index in [-0.39, 0.29) is 23.9 Å². The lowest BCUT2D eigenvalue weighted by molar-refractivity contribution is 0.371. The number of sulfonamides is 1. The van der Waals surface area contributed by atoms with Gasteiger partial charge in [0.1, 0.15) is 0 Å². The summed E-state index contributed by atoms with van der Waals surface area (Å²) >= 11 is 0. The summed E-state index contributed by atoms with van der Waals surface area (Å²) in [6.07, 6.45) is 3.21. The number of rotatable bonds is 7. The van der Waals surface area contributed by atoms with E-state index in [2.05, 4.69) is 4.98 Å². The first-order valence-corrected chi connectivity index (χ1v) is 7.74. The van der Waals surface area contributed by atoms with Gasteiger partial charge in [0.05, 0.1) is 12.4 Å². The SMILES string of the molecule is CCn1cnc(S(=O)(=O)N(CCC#N)CC(C)C)c1. The zero-order valence-corrected chi connectivity index (χ0v) is 12.4. The Labute approximate surface area is 114 Å². The van der Waals surface area contributed by atoms with Gasteiger partial charge in [0, 0.05) is 32.3 Å². The largest absolute Gasteiger partial charge is 0.336 e. The predicted molar refractivity (Wildman–Crippen MR) is 71.7 cm³/mol. The van der Waals surface area contributed by atoms with E-state index in [0.29, 0.717) is 13.1 Å². The van der Waals surface area contributed by atoms with E-state index in [1.165, 1.54) is 16.8 Å². The Hall–Kier alpha value is -1.39. The van der Waals surface area contributed by atoms with Gasteiger partial charge in [0.2, 0.25) is 0 Å². The van der Waals surface area contributed by atoms with E-state index in [9.17, 15) is 8.42 Å². The molecule has 7 heteroatoms. The second-order valence-electron chi connectivity index (χ2n) is 4.71. The standard InChI is InChI=1S/C12H20N4O2S/c1-4-15-9-12(14-10-15)19(17,18)16(7-5-6-13)8-11(2)3/h9-11H,4-5,7-8H2,1-3H3. The summed E-state index contributed by atoms with van der Waals surface area (Å²) in [5, 5.41) is 8.69. The van der Waals surface area contributed by atoms with Crippen LogP contribution >= 0.6 is 0 Å². The molecule has 6 nitrogen and oxygen atoms in total. The van der Waals surface area contributed by atoms with E-state index >= 15 is 0 Å². The molecule has 1 aromatic heterocycles. The molecule has 0 amide bonds. The molecule has 19 heavy (non-hydrogen) atoms. The third kappa shape index (κ3) is 4.04. The van der Waals surface area contributed by atoms with Gasteiger partial charge in [-0.25, -0.2) is 13.4 Å². The minimum absolute atomic E-state index is 0.0490. The van der Waals surface area contributed by atoms with Crippen LogP contribution in [-0.4, -0.2) is 35.4 Å². The Bertz CT molecular complexity index is 542.